The molecular weight excluding hydrogens is 228 g/mol. The topological polar surface area (TPSA) is 109 Å². The first-order valence-electron chi connectivity index (χ1n) is 5.39. The molecule has 6 heteroatoms. The summed E-state index contributed by atoms with van der Waals surface area (Å²) in [5.41, 5.74) is 0. The van der Waals surface area contributed by atoms with Crippen LogP contribution in [0.2, 0.25) is 0 Å². The van der Waals surface area contributed by atoms with Crippen molar-refractivity contribution in [2.75, 3.05) is 0 Å². The van der Waals surface area contributed by atoms with Gasteiger partial charge in [0.25, 0.3) is 0 Å². The summed E-state index contributed by atoms with van der Waals surface area (Å²) in [6.07, 6.45) is 0.296. The fraction of sp³-hybridized carbons (Fsp3) is 0.636. The summed E-state index contributed by atoms with van der Waals surface area (Å²) in [5.74, 6) is -2.40. The summed E-state index contributed by atoms with van der Waals surface area (Å²) >= 11 is 0. The van der Waals surface area contributed by atoms with Gasteiger partial charge < -0.3 is 10.2 Å². The van der Waals surface area contributed by atoms with Crippen LogP contribution in [0.25, 0.3) is 0 Å². The van der Waals surface area contributed by atoms with Gasteiger partial charge in [0.1, 0.15) is 11.6 Å². The van der Waals surface area contributed by atoms with Gasteiger partial charge in [-0.2, -0.15) is 0 Å². The Kier molecular flexibility index (Phi) is 7.58. The van der Waals surface area contributed by atoms with E-state index in [0.717, 1.165) is 0 Å². The minimum absolute atomic E-state index is 0.0152. The fourth-order valence-corrected chi connectivity index (χ4v) is 1.23. The molecule has 2 N–H and O–H groups in total. The molecule has 0 atom stereocenters. The van der Waals surface area contributed by atoms with Crippen LogP contribution < -0.4 is 0 Å². The number of rotatable bonds is 10. The first-order chi connectivity index (χ1) is 7.91. The monoisotopic (exact) mass is 244 g/mol. The summed E-state index contributed by atoms with van der Waals surface area (Å²) < 4.78 is 0. The maximum absolute atomic E-state index is 11.1. The Labute approximate surface area is 98.6 Å². The molecule has 17 heavy (non-hydrogen) atoms. The lowest BCUT2D eigenvalue weighted by Gasteiger charge is -1.99. The molecule has 0 amide bonds. The minimum atomic E-state index is -1.02. The molecule has 0 unspecified atom stereocenters. The maximum atomic E-state index is 11.1. The van der Waals surface area contributed by atoms with Crippen molar-refractivity contribution in [1.29, 1.82) is 0 Å². The van der Waals surface area contributed by atoms with Gasteiger partial charge in [-0.15, -0.1) is 0 Å². The van der Waals surface area contributed by atoms with Crippen molar-refractivity contribution in [2.24, 2.45) is 0 Å². The highest BCUT2D eigenvalue weighted by atomic mass is 16.4. The average molecular weight is 244 g/mol. The molecule has 0 aliphatic heterocycles. The van der Waals surface area contributed by atoms with E-state index in [0.29, 0.717) is 6.42 Å². The molecule has 0 aromatic carbocycles. The second-order valence-corrected chi connectivity index (χ2v) is 3.72. The van der Waals surface area contributed by atoms with Crippen molar-refractivity contribution in [3.63, 3.8) is 0 Å². The molecule has 0 aliphatic rings. The number of carboxylic acid groups (broad SMARTS) is 2. The zero-order chi connectivity index (χ0) is 13.3. The summed E-state index contributed by atoms with van der Waals surface area (Å²) in [6.45, 7) is 0. The third-order valence-electron chi connectivity index (χ3n) is 2.15. The highest BCUT2D eigenvalue weighted by Gasteiger charge is 2.08. The molecular formula is C11H16O6. The molecule has 0 rings (SSSR count). The molecule has 0 bridgehead atoms. The van der Waals surface area contributed by atoms with Crippen LogP contribution in [0.1, 0.15) is 44.9 Å². The van der Waals surface area contributed by atoms with Crippen LogP contribution in [0.15, 0.2) is 0 Å². The summed E-state index contributed by atoms with van der Waals surface area (Å²) in [5, 5.41) is 16.7. The molecule has 0 aromatic rings. The van der Waals surface area contributed by atoms with Crippen LogP contribution in [0, 0.1) is 0 Å². The third kappa shape index (κ3) is 10.6. The smallest absolute Gasteiger partial charge is 0.303 e. The second kappa shape index (κ2) is 8.43. The van der Waals surface area contributed by atoms with Crippen molar-refractivity contribution >= 4 is 23.5 Å². The molecule has 0 saturated carbocycles. The number of aliphatic carboxylic acids is 2. The normalized spacial score (nSPS) is 9.88. The van der Waals surface area contributed by atoms with E-state index < -0.39 is 11.9 Å². The maximum Gasteiger partial charge on any atom is 0.303 e. The number of carbonyl (C=O) groups excluding carboxylic acids is 2. The van der Waals surface area contributed by atoms with Gasteiger partial charge in [0.15, 0.2) is 0 Å². The number of carboxylic acids is 2. The molecule has 0 spiro atoms. The molecule has 0 fully saturated rings. The Balaban J connectivity index is 3.55. The van der Waals surface area contributed by atoms with Crippen molar-refractivity contribution in [3.05, 3.63) is 0 Å². The molecule has 0 aromatic heterocycles. The van der Waals surface area contributed by atoms with E-state index in [1.165, 1.54) is 0 Å². The zero-order valence-corrected chi connectivity index (χ0v) is 9.48. The summed E-state index contributed by atoms with van der Waals surface area (Å²) in [7, 11) is 0. The van der Waals surface area contributed by atoms with E-state index in [-0.39, 0.29) is 50.1 Å². The second-order valence-electron chi connectivity index (χ2n) is 3.72. The summed E-state index contributed by atoms with van der Waals surface area (Å²) in [4.78, 5) is 42.6. The van der Waals surface area contributed by atoms with E-state index in [1.54, 1.807) is 0 Å². The highest BCUT2D eigenvalue weighted by Crippen LogP contribution is 2.05. The number of carbonyl (C=O) groups is 4. The van der Waals surface area contributed by atoms with Crippen LogP contribution in [0.3, 0.4) is 0 Å². The van der Waals surface area contributed by atoms with Crippen LogP contribution in [0.5, 0.6) is 0 Å². The van der Waals surface area contributed by atoms with Gasteiger partial charge in [-0.1, -0.05) is 0 Å². The lowest BCUT2D eigenvalue weighted by molar-refractivity contribution is -0.139. The van der Waals surface area contributed by atoms with Crippen molar-refractivity contribution in [3.8, 4) is 0 Å². The number of Topliss-reactive ketones (excluding diaryl/α,β-unsaturated/α-hetero) is 2. The van der Waals surface area contributed by atoms with Gasteiger partial charge in [0.2, 0.25) is 0 Å². The first kappa shape index (κ1) is 15.3. The Morgan fingerprint density at radius 2 is 0.941 bits per heavy atom. The first-order valence-corrected chi connectivity index (χ1v) is 5.39. The van der Waals surface area contributed by atoms with Gasteiger partial charge in [0, 0.05) is 25.7 Å². The van der Waals surface area contributed by atoms with Crippen molar-refractivity contribution in [2.45, 2.75) is 44.9 Å². The Morgan fingerprint density at radius 3 is 1.24 bits per heavy atom. The lowest BCUT2D eigenvalue weighted by Crippen LogP contribution is -2.06. The summed E-state index contributed by atoms with van der Waals surface area (Å²) in [6, 6.07) is 0. The van der Waals surface area contributed by atoms with E-state index in [4.69, 9.17) is 10.2 Å². The van der Waals surface area contributed by atoms with Crippen molar-refractivity contribution in [1.82, 2.24) is 0 Å². The van der Waals surface area contributed by atoms with Gasteiger partial charge in [-0.05, 0) is 6.42 Å². The predicted octanol–water partition coefficient (Wildman–Crippen LogP) is 1.02. The molecule has 0 radical (unpaired) electrons. The standard InChI is InChI=1S/C11H16O6/c12-8(4-6-10(14)15)2-1-3-9(13)5-7-11(16)17/h1-7H2,(H,14,15)(H,16,17). The van der Waals surface area contributed by atoms with Gasteiger partial charge in [-0.25, -0.2) is 0 Å². The molecule has 0 aliphatic carbocycles. The van der Waals surface area contributed by atoms with Crippen molar-refractivity contribution < 1.29 is 29.4 Å². The van der Waals surface area contributed by atoms with E-state index in [1.807, 2.05) is 0 Å². The van der Waals surface area contributed by atoms with Crippen LogP contribution >= 0.6 is 0 Å². The molecule has 0 saturated heterocycles. The molecule has 0 heterocycles. The van der Waals surface area contributed by atoms with Gasteiger partial charge >= 0.3 is 11.9 Å². The zero-order valence-electron chi connectivity index (χ0n) is 9.48. The van der Waals surface area contributed by atoms with Crippen LogP contribution in [0.4, 0.5) is 0 Å². The van der Waals surface area contributed by atoms with Gasteiger partial charge in [-0.3, -0.25) is 19.2 Å². The van der Waals surface area contributed by atoms with E-state index >= 15 is 0 Å². The number of hydrogen-bond acceptors (Lipinski definition) is 4. The predicted molar refractivity (Wildman–Crippen MR) is 57.6 cm³/mol. The van der Waals surface area contributed by atoms with Crippen LogP contribution in [-0.4, -0.2) is 33.7 Å². The average Bonchev–Trinajstić information content (AvgIpc) is 2.23. The highest BCUT2D eigenvalue weighted by molar-refractivity contribution is 5.84. The Bertz CT molecular complexity index is 277. The minimum Gasteiger partial charge on any atom is -0.481 e. The fourth-order valence-electron chi connectivity index (χ4n) is 1.23. The molecule has 6 nitrogen and oxygen atoms in total. The SMILES string of the molecule is O=C(O)CCC(=O)CCCC(=O)CCC(=O)O. The third-order valence-corrected chi connectivity index (χ3v) is 2.15. The number of hydrogen-bond donors (Lipinski definition) is 2. The lowest BCUT2D eigenvalue weighted by atomic mass is 10.1. The van der Waals surface area contributed by atoms with Gasteiger partial charge in [0.05, 0.1) is 12.8 Å². The quantitative estimate of drug-likeness (QED) is 0.594. The molecule has 96 valence electrons. The Hall–Kier alpha value is -1.72. The largest absolute Gasteiger partial charge is 0.481 e. The van der Waals surface area contributed by atoms with E-state index in [9.17, 15) is 19.2 Å². The number of ketones is 2. The van der Waals surface area contributed by atoms with E-state index in [2.05, 4.69) is 0 Å². The van der Waals surface area contributed by atoms with Crippen LogP contribution in [-0.2, 0) is 19.2 Å². The Morgan fingerprint density at radius 1 is 0.588 bits per heavy atom.